The van der Waals surface area contributed by atoms with Gasteiger partial charge in [0.2, 0.25) is 0 Å². The topological polar surface area (TPSA) is 110 Å². The summed E-state index contributed by atoms with van der Waals surface area (Å²) in [5, 5.41) is 4.06. The van der Waals surface area contributed by atoms with Crippen LogP contribution in [0.25, 0.3) is 0 Å². The zero-order chi connectivity index (χ0) is 20.0. The van der Waals surface area contributed by atoms with Crippen LogP contribution in [-0.2, 0) is 28.0 Å². The molecule has 1 saturated heterocycles. The Balaban J connectivity index is 1.49. The third kappa shape index (κ3) is 5.27. The van der Waals surface area contributed by atoms with Crippen molar-refractivity contribution in [1.29, 1.82) is 0 Å². The predicted octanol–water partition coefficient (Wildman–Crippen LogP) is 0.435. The van der Waals surface area contributed by atoms with Crippen LogP contribution in [0.3, 0.4) is 0 Å². The van der Waals surface area contributed by atoms with E-state index in [2.05, 4.69) is 14.8 Å². The lowest BCUT2D eigenvalue weighted by Crippen LogP contribution is -2.53. The van der Waals surface area contributed by atoms with E-state index in [1.807, 2.05) is 24.3 Å². The molecule has 11 heteroatoms. The number of hydrogen-bond acceptors (Lipinski definition) is 6. The van der Waals surface area contributed by atoms with Crippen LogP contribution >= 0.6 is 0 Å². The number of carbonyl (C=O) groups is 1. The molecule has 0 bridgehead atoms. The molecule has 1 aliphatic rings. The minimum Gasteiger partial charge on any atom is -0.450 e. The molecule has 0 aliphatic carbocycles. The second kappa shape index (κ2) is 9.13. The molecule has 0 spiro atoms. The molecular weight excluding hydrogens is 384 g/mol. The van der Waals surface area contributed by atoms with Crippen LogP contribution in [0.5, 0.6) is 0 Å². The SMILES string of the molecule is CCOC(=O)N1CCN(S(=O)(=O)NCc2ccc(Cn3cncn3)cc2)CC1. The van der Waals surface area contributed by atoms with Crippen LogP contribution in [0.15, 0.2) is 36.9 Å². The largest absolute Gasteiger partial charge is 0.450 e. The highest BCUT2D eigenvalue weighted by molar-refractivity contribution is 7.87. The van der Waals surface area contributed by atoms with Gasteiger partial charge in [-0.15, -0.1) is 0 Å². The van der Waals surface area contributed by atoms with Gasteiger partial charge in [0.15, 0.2) is 0 Å². The van der Waals surface area contributed by atoms with Crippen LogP contribution in [-0.4, -0.2) is 71.3 Å². The maximum atomic E-state index is 12.5. The third-order valence-corrected chi connectivity index (χ3v) is 5.95. The van der Waals surface area contributed by atoms with Gasteiger partial charge >= 0.3 is 6.09 Å². The van der Waals surface area contributed by atoms with E-state index in [0.717, 1.165) is 11.1 Å². The lowest BCUT2D eigenvalue weighted by Gasteiger charge is -2.33. The summed E-state index contributed by atoms with van der Waals surface area (Å²) in [5.74, 6) is 0. The lowest BCUT2D eigenvalue weighted by atomic mass is 10.1. The first-order chi connectivity index (χ1) is 13.5. The van der Waals surface area contributed by atoms with Crippen molar-refractivity contribution in [3.63, 3.8) is 0 Å². The molecule has 0 saturated carbocycles. The molecule has 1 amide bonds. The average Bonchev–Trinajstić information content (AvgIpc) is 3.21. The Hall–Kier alpha value is -2.50. The van der Waals surface area contributed by atoms with Gasteiger partial charge in [0, 0.05) is 32.7 Å². The van der Waals surface area contributed by atoms with Gasteiger partial charge in [0.1, 0.15) is 12.7 Å². The number of carbonyl (C=O) groups excluding carboxylic acids is 1. The van der Waals surface area contributed by atoms with Crippen molar-refractivity contribution < 1.29 is 17.9 Å². The first-order valence-corrected chi connectivity index (χ1v) is 10.5. The minimum absolute atomic E-state index is 0.198. The molecule has 1 aliphatic heterocycles. The number of piperazine rings is 1. The van der Waals surface area contributed by atoms with Crippen LogP contribution in [0.2, 0.25) is 0 Å². The van der Waals surface area contributed by atoms with E-state index in [1.54, 1.807) is 17.9 Å². The molecule has 2 aromatic rings. The highest BCUT2D eigenvalue weighted by Crippen LogP contribution is 2.10. The molecule has 1 aromatic heterocycles. The molecule has 1 fully saturated rings. The molecule has 0 atom stereocenters. The zero-order valence-corrected chi connectivity index (χ0v) is 16.5. The first-order valence-electron chi connectivity index (χ1n) is 9.04. The van der Waals surface area contributed by atoms with E-state index in [4.69, 9.17) is 4.74 Å². The van der Waals surface area contributed by atoms with Crippen molar-refractivity contribution in [2.75, 3.05) is 32.8 Å². The molecule has 2 heterocycles. The second-order valence-corrected chi connectivity index (χ2v) is 8.08. The van der Waals surface area contributed by atoms with E-state index in [-0.39, 0.29) is 19.6 Å². The fourth-order valence-corrected chi connectivity index (χ4v) is 4.03. The van der Waals surface area contributed by atoms with Crippen molar-refractivity contribution in [2.24, 2.45) is 0 Å². The molecule has 10 nitrogen and oxygen atoms in total. The number of amides is 1. The number of rotatable bonds is 7. The Morgan fingerprint density at radius 1 is 1.14 bits per heavy atom. The highest BCUT2D eigenvalue weighted by atomic mass is 32.2. The lowest BCUT2D eigenvalue weighted by molar-refractivity contribution is 0.0932. The van der Waals surface area contributed by atoms with Crippen molar-refractivity contribution in [1.82, 2.24) is 28.7 Å². The quantitative estimate of drug-likeness (QED) is 0.712. The molecule has 28 heavy (non-hydrogen) atoms. The second-order valence-electron chi connectivity index (χ2n) is 6.32. The number of hydrogen-bond donors (Lipinski definition) is 1. The Kier molecular flexibility index (Phi) is 6.60. The number of nitrogens with one attached hydrogen (secondary N) is 1. The van der Waals surface area contributed by atoms with Crippen molar-refractivity contribution >= 4 is 16.3 Å². The van der Waals surface area contributed by atoms with Crippen LogP contribution in [0.1, 0.15) is 18.1 Å². The average molecular weight is 408 g/mol. The molecule has 3 rings (SSSR count). The molecule has 0 radical (unpaired) electrons. The fraction of sp³-hybridized carbons (Fsp3) is 0.471. The monoisotopic (exact) mass is 408 g/mol. The predicted molar refractivity (Wildman–Crippen MR) is 101 cm³/mol. The maximum absolute atomic E-state index is 12.5. The fourth-order valence-electron chi connectivity index (χ4n) is 2.86. The number of benzene rings is 1. The Morgan fingerprint density at radius 2 is 1.82 bits per heavy atom. The van der Waals surface area contributed by atoms with Crippen molar-refractivity contribution in [3.8, 4) is 0 Å². The van der Waals surface area contributed by atoms with Gasteiger partial charge in [-0.1, -0.05) is 24.3 Å². The maximum Gasteiger partial charge on any atom is 0.409 e. The molecule has 1 aromatic carbocycles. The van der Waals surface area contributed by atoms with Gasteiger partial charge in [-0.3, -0.25) is 0 Å². The van der Waals surface area contributed by atoms with Crippen molar-refractivity contribution in [2.45, 2.75) is 20.0 Å². The molecule has 152 valence electrons. The summed E-state index contributed by atoms with van der Waals surface area (Å²) in [4.78, 5) is 17.1. The van der Waals surface area contributed by atoms with E-state index in [1.165, 1.54) is 15.5 Å². The van der Waals surface area contributed by atoms with Gasteiger partial charge in [0.25, 0.3) is 10.2 Å². The van der Waals surface area contributed by atoms with Gasteiger partial charge in [-0.2, -0.15) is 22.5 Å². The molecule has 0 unspecified atom stereocenters. The van der Waals surface area contributed by atoms with E-state index in [0.29, 0.717) is 26.2 Å². The Morgan fingerprint density at radius 3 is 2.43 bits per heavy atom. The van der Waals surface area contributed by atoms with E-state index in [9.17, 15) is 13.2 Å². The summed E-state index contributed by atoms with van der Waals surface area (Å²) < 4.78 is 35.6. The summed E-state index contributed by atoms with van der Waals surface area (Å²) in [6, 6.07) is 7.63. The molecular formula is C17H24N6O4S. The summed E-state index contributed by atoms with van der Waals surface area (Å²) in [6.07, 6.45) is 2.72. The van der Waals surface area contributed by atoms with Crippen molar-refractivity contribution in [3.05, 3.63) is 48.0 Å². The summed E-state index contributed by atoms with van der Waals surface area (Å²) in [7, 11) is -3.61. The smallest absolute Gasteiger partial charge is 0.409 e. The highest BCUT2D eigenvalue weighted by Gasteiger charge is 2.29. The van der Waals surface area contributed by atoms with Crippen LogP contribution in [0, 0.1) is 0 Å². The summed E-state index contributed by atoms with van der Waals surface area (Å²) in [6.45, 7) is 3.96. The summed E-state index contributed by atoms with van der Waals surface area (Å²) in [5.41, 5.74) is 1.91. The Bertz CT molecular complexity index is 862. The number of ether oxygens (including phenoxy) is 1. The van der Waals surface area contributed by atoms with E-state index >= 15 is 0 Å². The zero-order valence-electron chi connectivity index (χ0n) is 15.7. The minimum atomic E-state index is -3.61. The Labute approximate surface area is 164 Å². The van der Waals surface area contributed by atoms with Gasteiger partial charge in [-0.25, -0.2) is 14.5 Å². The third-order valence-electron chi connectivity index (χ3n) is 4.40. The number of aromatic nitrogens is 3. The van der Waals surface area contributed by atoms with Gasteiger partial charge < -0.3 is 9.64 Å². The van der Waals surface area contributed by atoms with Gasteiger partial charge in [-0.05, 0) is 18.1 Å². The first kappa shape index (κ1) is 20.2. The van der Waals surface area contributed by atoms with Crippen LogP contribution in [0.4, 0.5) is 4.79 Å². The van der Waals surface area contributed by atoms with Gasteiger partial charge in [0.05, 0.1) is 13.2 Å². The van der Waals surface area contributed by atoms with E-state index < -0.39 is 16.3 Å². The normalized spacial score (nSPS) is 15.5. The number of nitrogens with zero attached hydrogens (tertiary/aromatic N) is 5. The standard InChI is InChI=1S/C17H24N6O4S/c1-2-27-17(24)21-7-9-23(10-8-21)28(25,26)20-11-15-3-5-16(6-4-15)12-22-14-18-13-19-22/h3-6,13-14,20H,2,7-12H2,1H3. The summed E-state index contributed by atoms with van der Waals surface area (Å²) >= 11 is 0. The molecule has 1 N–H and O–H groups in total. The van der Waals surface area contributed by atoms with Crippen LogP contribution < -0.4 is 4.72 Å².